The molecule has 1 aliphatic heterocycles. The second kappa shape index (κ2) is 6.31. The van der Waals surface area contributed by atoms with Crippen molar-refractivity contribution < 1.29 is 4.18 Å². The van der Waals surface area contributed by atoms with E-state index in [2.05, 4.69) is 55.5 Å². The normalized spacial score (nSPS) is 24.6. The SMILES string of the molecule is C[C@H]1CCCC[C@@H]1O[S+]1c2ccccc2Sc2ccccc21. The molecule has 0 spiro atoms. The second-order valence-electron chi connectivity index (χ2n) is 6.16. The fourth-order valence-corrected chi connectivity index (χ4v) is 6.72. The van der Waals surface area contributed by atoms with E-state index in [0.29, 0.717) is 12.0 Å². The van der Waals surface area contributed by atoms with E-state index in [0.717, 1.165) is 0 Å². The molecule has 2 aromatic carbocycles. The van der Waals surface area contributed by atoms with Crippen LogP contribution in [0, 0.1) is 5.92 Å². The van der Waals surface area contributed by atoms with E-state index in [4.69, 9.17) is 4.18 Å². The number of hydrogen-bond acceptors (Lipinski definition) is 2. The van der Waals surface area contributed by atoms with Crippen LogP contribution in [0.1, 0.15) is 32.6 Å². The van der Waals surface area contributed by atoms with E-state index in [1.54, 1.807) is 0 Å². The van der Waals surface area contributed by atoms with Crippen LogP contribution in [0.5, 0.6) is 0 Å². The van der Waals surface area contributed by atoms with Crippen molar-refractivity contribution in [2.45, 2.75) is 58.3 Å². The molecule has 0 N–H and O–H groups in total. The Morgan fingerprint density at radius 2 is 1.50 bits per heavy atom. The summed E-state index contributed by atoms with van der Waals surface area (Å²) >= 11 is 1.64. The van der Waals surface area contributed by atoms with Gasteiger partial charge in [-0.3, -0.25) is 0 Å². The highest BCUT2D eigenvalue weighted by molar-refractivity contribution is 8.02. The van der Waals surface area contributed by atoms with Crippen LogP contribution < -0.4 is 0 Å². The van der Waals surface area contributed by atoms with Crippen molar-refractivity contribution in [3.8, 4) is 0 Å². The molecule has 0 unspecified atom stereocenters. The van der Waals surface area contributed by atoms with E-state index in [1.165, 1.54) is 45.3 Å². The first-order chi connectivity index (χ1) is 10.8. The van der Waals surface area contributed by atoms with Crippen LogP contribution in [-0.2, 0) is 15.4 Å². The van der Waals surface area contributed by atoms with Gasteiger partial charge in [0.25, 0.3) is 0 Å². The van der Waals surface area contributed by atoms with E-state index in [1.807, 2.05) is 11.8 Å². The summed E-state index contributed by atoms with van der Waals surface area (Å²) < 4.78 is 6.71. The monoisotopic (exact) mass is 329 g/mol. The summed E-state index contributed by atoms with van der Waals surface area (Å²) in [6, 6.07) is 17.5. The number of hydrogen-bond donors (Lipinski definition) is 0. The van der Waals surface area contributed by atoms with Crippen LogP contribution in [0.25, 0.3) is 0 Å². The maximum atomic E-state index is 6.71. The second-order valence-corrected chi connectivity index (χ2v) is 8.85. The molecule has 1 saturated carbocycles. The summed E-state index contributed by atoms with van der Waals surface area (Å²) in [6.07, 6.45) is 5.59. The molecule has 0 amide bonds. The fourth-order valence-electron chi connectivity index (χ4n) is 3.26. The molecule has 3 heteroatoms. The molecule has 1 aliphatic carbocycles. The van der Waals surface area contributed by atoms with Crippen LogP contribution in [-0.4, -0.2) is 6.10 Å². The molecule has 1 nitrogen and oxygen atoms in total. The molecule has 0 aromatic heterocycles. The Morgan fingerprint density at radius 1 is 0.909 bits per heavy atom. The zero-order chi connectivity index (χ0) is 14.9. The van der Waals surface area contributed by atoms with Crippen molar-refractivity contribution in [2.75, 3.05) is 0 Å². The highest BCUT2D eigenvalue weighted by Gasteiger charge is 2.41. The van der Waals surface area contributed by atoms with Gasteiger partial charge in [0, 0.05) is 0 Å². The van der Waals surface area contributed by atoms with Crippen LogP contribution in [0.4, 0.5) is 0 Å². The Labute approximate surface area is 140 Å². The Bertz CT molecular complexity index is 624. The lowest BCUT2D eigenvalue weighted by atomic mass is 9.88. The zero-order valence-electron chi connectivity index (χ0n) is 12.8. The third-order valence-corrected chi connectivity index (χ3v) is 7.93. The van der Waals surface area contributed by atoms with Crippen molar-refractivity contribution >= 4 is 22.9 Å². The van der Waals surface area contributed by atoms with Crippen molar-refractivity contribution in [1.82, 2.24) is 0 Å². The average Bonchev–Trinajstić information content (AvgIpc) is 2.56. The first-order valence-corrected chi connectivity index (χ1v) is 10.1. The molecule has 4 rings (SSSR count). The number of fused-ring (bicyclic) bond motifs is 2. The van der Waals surface area contributed by atoms with Gasteiger partial charge in [0.1, 0.15) is 6.10 Å². The predicted molar refractivity (Wildman–Crippen MR) is 93.4 cm³/mol. The Morgan fingerprint density at radius 3 is 2.14 bits per heavy atom. The number of rotatable bonds is 2. The average molecular weight is 330 g/mol. The third kappa shape index (κ3) is 2.70. The molecule has 0 bridgehead atoms. The summed E-state index contributed by atoms with van der Waals surface area (Å²) in [7, 11) is 0. The van der Waals surface area contributed by atoms with Crippen LogP contribution in [0.15, 0.2) is 68.1 Å². The van der Waals surface area contributed by atoms with Gasteiger partial charge in [-0.2, -0.15) is 4.18 Å². The van der Waals surface area contributed by atoms with Gasteiger partial charge in [-0.05, 0) is 43.0 Å². The van der Waals surface area contributed by atoms with Gasteiger partial charge in [-0.25, -0.2) is 0 Å². The molecule has 0 saturated heterocycles. The summed E-state index contributed by atoms with van der Waals surface area (Å²) in [5.41, 5.74) is 0. The fraction of sp³-hybridized carbons (Fsp3) is 0.368. The van der Waals surface area contributed by atoms with Gasteiger partial charge < -0.3 is 0 Å². The Kier molecular flexibility index (Phi) is 4.21. The van der Waals surface area contributed by atoms with Gasteiger partial charge in [0.2, 0.25) is 21.0 Å². The third-order valence-electron chi connectivity index (χ3n) is 4.57. The van der Waals surface area contributed by atoms with Gasteiger partial charge >= 0.3 is 0 Å². The van der Waals surface area contributed by atoms with Gasteiger partial charge in [-0.1, -0.05) is 55.8 Å². The molecular weight excluding hydrogens is 308 g/mol. The van der Waals surface area contributed by atoms with Crippen LogP contribution in [0.2, 0.25) is 0 Å². The van der Waals surface area contributed by atoms with Crippen LogP contribution >= 0.6 is 11.8 Å². The van der Waals surface area contributed by atoms with Gasteiger partial charge in [-0.15, -0.1) is 0 Å². The lowest BCUT2D eigenvalue weighted by Crippen LogP contribution is -2.29. The van der Waals surface area contributed by atoms with E-state index in [-0.39, 0.29) is 11.2 Å². The lowest BCUT2D eigenvalue weighted by Gasteiger charge is -2.28. The Balaban J connectivity index is 1.71. The summed E-state index contributed by atoms with van der Waals surface area (Å²) in [4.78, 5) is 5.44. The van der Waals surface area contributed by atoms with Gasteiger partial charge in [0.05, 0.1) is 9.79 Å². The smallest absolute Gasteiger partial charge is 0.158 e. The maximum Gasteiger partial charge on any atom is 0.225 e. The molecule has 114 valence electrons. The molecule has 1 fully saturated rings. The standard InChI is InChI=1S/C19H21OS2/c1-14-8-2-3-9-15(14)20-22-18-12-6-4-10-16(18)21-17-11-5-7-13-19(17)22/h4-7,10-15H,2-3,8-9H2,1H3/q+1/t14-,15-/m0/s1. The lowest BCUT2D eigenvalue weighted by molar-refractivity contribution is 0.120. The van der Waals surface area contributed by atoms with E-state index in [9.17, 15) is 0 Å². The van der Waals surface area contributed by atoms with Crippen molar-refractivity contribution in [3.05, 3.63) is 48.5 Å². The number of benzene rings is 2. The van der Waals surface area contributed by atoms with Crippen molar-refractivity contribution in [1.29, 1.82) is 0 Å². The van der Waals surface area contributed by atoms with Crippen molar-refractivity contribution in [3.63, 3.8) is 0 Å². The topological polar surface area (TPSA) is 9.23 Å². The minimum Gasteiger partial charge on any atom is -0.158 e. The highest BCUT2D eigenvalue weighted by Crippen LogP contribution is 2.47. The maximum absolute atomic E-state index is 6.71. The molecule has 1 heterocycles. The minimum absolute atomic E-state index is 0.234. The molecule has 22 heavy (non-hydrogen) atoms. The van der Waals surface area contributed by atoms with E-state index >= 15 is 0 Å². The van der Waals surface area contributed by atoms with Crippen molar-refractivity contribution in [2.24, 2.45) is 5.92 Å². The molecular formula is C19H21OS2+. The quantitative estimate of drug-likeness (QED) is 0.654. The molecule has 0 radical (unpaired) electrons. The summed E-state index contributed by atoms with van der Waals surface area (Å²) in [5.74, 6) is 0.676. The highest BCUT2D eigenvalue weighted by atomic mass is 32.2. The molecule has 2 aliphatic rings. The molecule has 2 aromatic rings. The predicted octanol–water partition coefficient (Wildman–Crippen LogP) is 5.70. The first kappa shape index (κ1) is 14.7. The van der Waals surface area contributed by atoms with E-state index < -0.39 is 0 Å². The zero-order valence-corrected chi connectivity index (χ0v) is 14.5. The molecule has 2 atom stereocenters. The van der Waals surface area contributed by atoms with Crippen LogP contribution in [0.3, 0.4) is 0 Å². The Hall–Kier alpha value is -0.900. The first-order valence-electron chi connectivity index (χ1n) is 8.10. The van der Waals surface area contributed by atoms with Gasteiger partial charge in [0.15, 0.2) is 0 Å². The summed E-state index contributed by atoms with van der Waals surface area (Å²) in [6.45, 7) is 2.35. The largest absolute Gasteiger partial charge is 0.225 e. The summed E-state index contributed by atoms with van der Waals surface area (Å²) in [5, 5.41) is 0. The minimum atomic E-state index is -0.234.